The van der Waals surface area contributed by atoms with E-state index in [0.29, 0.717) is 18.5 Å². The van der Waals surface area contributed by atoms with Crippen molar-refractivity contribution in [2.75, 3.05) is 13.1 Å². The number of carbonyl (C=O) groups is 1. The molecule has 2 atom stereocenters. The molecule has 10 heteroatoms. The lowest BCUT2D eigenvalue weighted by atomic mass is 10.0. The Morgan fingerprint density at radius 3 is 2.73 bits per heavy atom. The molecule has 3 aromatic rings. The summed E-state index contributed by atoms with van der Waals surface area (Å²) in [7, 11) is 0. The lowest BCUT2D eigenvalue weighted by Gasteiger charge is -2.27. The molecule has 0 unspecified atom stereocenters. The second-order valence-corrected chi connectivity index (χ2v) is 7.00. The van der Waals surface area contributed by atoms with Gasteiger partial charge in [0.1, 0.15) is 17.8 Å². The Hall–Kier alpha value is -2.65. The highest BCUT2D eigenvalue weighted by molar-refractivity contribution is 6.07. The third-order valence-corrected chi connectivity index (χ3v) is 5.03. The summed E-state index contributed by atoms with van der Waals surface area (Å²) in [5.74, 6) is -2.88. The van der Waals surface area contributed by atoms with Gasteiger partial charge in [-0.05, 0) is 42.8 Å². The summed E-state index contributed by atoms with van der Waals surface area (Å²) in [5.41, 5.74) is 0.249. The van der Waals surface area contributed by atoms with Crippen molar-refractivity contribution in [3.8, 4) is 0 Å². The zero-order valence-electron chi connectivity index (χ0n) is 15.7. The molecule has 1 aliphatic rings. The topological polar surface area (TPSA) is 59.0 Å². The quantitative estimate of drug-likeness (QED) is 0.481. The van der Waals surface area contributed by atoms with E-state index in [-0.39, 0.29) is 42.0 Å². The summed E-state index contributed by atoms with van der Waals surface area (Å²) in [6.45, 7) is 0.662. The van der Waals surface area contributed by atoms with Gasteiger partial charge in [0.2, 0.25) is 5.95 Å². The first-order chi connectivity index (χ1) is 13.9. The second-order valence-electron chi connectivity index (χ2n) is 7.00. The van der Waals surface area contributed by atoms with Crippen molar-refractivity contribution in [1.29, 1.82) is 0 Å². The predicted octanol–water partition coefficient (Wildman–Crippen LogP) is 3.35. The van der Waals surface area contributed by atoms with Crippen molar-refractivity contribution in [1.82, 2.24) is 20.2 Å². The van der Waals surface area contributed by atoms with Crippen molar-refractivity contribution >= 4 is 29.2 Å². The molecule has 3 heterocycles. The van der Waals surface area contributed by atoms with Gasteiger partial charge in [0.05, 0.1) is 22.5 Å². The minimum Gasteiger partial charge on any atom is -0.346 e. The van der Waals surface area contributed by atoms with Crippen LogP contribution in [-0.2, 0) is 6.54 Å². The molecule has 0 saturated carbocycles. The number of aromatic nitrogens is 2. The predicted molar refractivity (Wildman–Crippen MR) is 106 cm³/mol. The SMILES string of the molecule is Cl.O=C(N[C@H]1CCNC[C@H]1F)c1cn(Cc2ccnc(F)c2)c2c(F)ccc(F)c12. The fourth-order valence-corrected chi connectivity index (χ4v) is 3.63. The number of hydrogen-bond acceptors (Lipinski definition) is 3. The second kappa shape index (κ2) is 9.01. The van der Waals surface area contributed by atoms with E-state index in [9.17, 15) is 22.4 Å². The van der Waals surface area contributed by atoms with E-state index in [2.05, 4.69) is 15.6 Å². The van der Waals surface area contributed by atoms with Crippen molar-refractivity contribution in [2.24, 2.45) is 0 Å². The van der Waals surface area contributed by atoms with Gasteiger partial charge in [0.25, 0.3) is 5.91 Å². The molecule has 0 aliphatic carbocycles. The molecule has 1 fully saturated rings. The van der Waals surface area contributed by atoms with E-state index in [1.165, 1.54) is 29.1 Å². The number of carbonyl (C=O) groups excluding carboxylic acids is 1. The normalized spacial score (nSPS) is 18.8. The molecule has 1 aromatic carbocycles. The summed E-state index contributed by atoms with van der Waals surface area (Å²) in [6, 6.07) is 3.90. The molecule has 5 nitrogen and oxygen atoms in total. The van der Waals surface area contributed by atoms with Crippen molar-refractivity contribution < 1.29 is 22.4 Å². The van der Waals surface area contributed by atoms with Gasteiger partial charge in [0.15, 0.2) is 0 Å². The highest BCUT2D eigenvalue weighted by Crippen LogP contribution is 2.28. The fraction of sp³-hybridized carbons (Fsp3) is 0.300. The van der Waals surface area contributed by atoms with Gasteiger partial charge < -0.3 is 15.2 Å². The highest BCUT2D eigenvalue weighted by Gasteiger charge is 2.28. The Bertz CT molecular complexity index is 1070. The van der Waals surface area contributed by atoms with Gasteiger partial charge in [-0.1, -0.05) is 0 Å². The number of halogens is 5. The number of fused-ring (bicyclic) bond motifs is 1. The Kier molecular flexibility index (Phi) is 6.62. The van der Waals surface area contributed by atoms with E-state index in [1.807, 2.05) is 0 Å². The summed E-state index contributed by atoms with van der Waals surface area (Å²) in [6.07, 6.45) is 1.68. The molecule has 2 N–H and O–H groups in total. The lowest BCUT2D eigenvalue weighted by molar-refractivity contribution is 0.0893. The van der Waals surface area contributed by atoms with Gasteiger partial charge >= 0.3 is 0 Å². The van der Waals surface area contributed by atoms with Crippen LogP contribution in [-0.4, -0.2) is 40.8 Å². The average Bonchev–Trinajstić information content (AvgIpc) is 3.07. The number of alkyl halides is 1. The molecule has 1 saturated heterocycles. The van der Waals surface area contributed by atoms with E-state index in [0.717, 1.165) is 12.1 Å². The van der Waals surface area contributed by atoms with Crippen LogP contribution in [0.15, 0.2) is 36.7 Å². The molecule has 1 amide bonds. The maximum absolute atomic E-state index is 14.5. The largest absolute Gasteiger partial charge is 0.346 e. The summed E-state index contributed by atoms with van der Waals surface area (Å²) in [5, 5.41) is 5.27. The van der Waals surface area contributed by atoms with Crippen LogP contribution < -0.4 is 10.6 Å². The van der Waals surface area contributed by atoms with Crippen LogP contribution in [0.25, 0.3) is 10.9 Å². The van der Waals surface area contributed by atoms with E-state index in [1.54, 1.807) is 0 Å². The van der Waals surface area contributed by atoms with Crippen LogP contribution in [0.4, 0.5) is 17.6 Å². The minimum absolute atomic E-state index is 0. The molecule has 4 rings (SSSR count). The van der Waals surface area contributed by atoms with Crippen LogP contribution in [0.2, 0.25) is 0 Å². The number of piperidine rings is 1. The number of benzene rings is 1. The van der Waals surface area contributed by atoms with Crippen LogP contribution in [0.1, 0.15) is 22.3 Å². The molecule has 0 spiro atoms. The molecule has 30 heavy (non-hydrogen) atoms. The standard InChI is InChI=1S/C20H18F4N4O.ClH/c21-13-1-2-14(22)19-18(13)12(20(29)27-16-4-5-25-8-15(16)23)10-28(19)9-11-3-6-26-17(24)7-11;/h1-3,6-7,10,15-16,25H,4-5,8-9H2,(H,27,29);1H/t15-,16+;/m1./s1. The lowest BCUT2D eigenvalue weighted by Crippen LogP contribution is -2.50. The van der Waals surface area contributed by atoms with Crippen molar-refractivity contribution in [3.05, 3.63) is 65.4 Å². The summed E-state index contributed by atoms with van der Waals surface area (Å²) in [4.78, 5) is 16.3. The third kappa shape index (κ3) is 4.27. The van der Waals surface area contributed by atoms with Gasteiger partial charge in [0, 0.05) is 25.5 Å². The number of nitrogens with one attached hydrogen (secondary N) is 2. The first kappa shape index (κ1) is 22.0. The van der Waals surface area contributed by atoms with Crippen LogP contribution in [0.3, 0.4) is 0 Å². The summed E-state index contributed by atoms with van der Waals surface area (Å²) < 4.78 is 57.9. The maximum atomic E-state index is 14.5. The Morgan fingerprint density at radius 2 is 2.00 bits per heavy atom. The van der Waals surface area contributed by atoms with Gasteiger partial charge in [-0.3, -0.25) is 4.79 Å². The highest BCUT2D eigenvalue weighted by atomic mass is 35.5. The van der Waals surface area contributed by atoms with E-state index < -0.39 is 35.7 Å². The van der Waals surface area contributed by atoms with E-state index >= 15 is 0 Å². The van der Waals surface area contributed by atoms with Crippen molar-refractivity contribution in [3.63, 3.8) is 0 Å². The molecular weight excluding hydrogens is 424 g/mol. The van der Waals surface area contributed by atoms with Crippen LogP contribution in [0.5, 0.6) is 0 Å². The molecule has 0 bridgehead atoms. The Morgan fingerprint density at radius 1 is 1.23 bits per heavy atom. The van der Waals surface area contributed by atoms with Gasteiger partial charge in [-0.25, -0.2) is 18.2 Å². The number of nitrogens with zero attached hydrogens (tertiary/aromatic N) is 2. The fourth-order valence-electron chi connectivity index (χ4n) is 3.63. The number of amides is 1. The number of hydrogen-bond donors (Lipinski definition) is 2. The first-order valence-electron chi connectivity index (χ1n) is 9.17. The smallest absolute Gasteiger partial charge is 0.253 e. The Balaban J connectivity index is 0.00000256. The minimum atomic E-state index is -1.28. The third-order valence-electron chi connectivity index (χ3n) is 5.03. The first-order valence-corrected chi connectivity index (χ1v) is 9.17. The maximum Gasteiger partial charge on any atom is 0.253 e. The zero-order chi connectivity index (χ0) is 20.5. The zero-order valence-corrected chi connectivity index (χ0v) is 16.5. The van der Waals surface area contributed by atoms with Crippen LogP contribution >= 0.6 is 12.4 Å². The molecule has 160 valence electrons. The molecule has 0 radical (unpaired) electrons. The Labute approximate surface area is 175 Å². The molecule has 2 aromatic heterocycles. The molecular formula is C20H19ClF4N4O. The van der Waals surface area contributed by atoms with Crippen molar-refractivity contribution in [2.45, 2.75) is 25.2 Å². The molecule has 1 aliphatic heterocycles. The number of pyridine rings is 1. The van der Waals surface area contributed by atoms with Gasteiger partial charge in [-0.15, -0.1) is 12.4 Å². The number of rotatable bonds is 4. The van der Waals surface area contributed by atoms with Gasteiger partial charge in [-0.2, -0.15) is 4.39 Å². The van der Waals surface area contributed by atoms with Crippen LogP contribution in [0, 0.1) is 17.6 Å². The van der Waals surface area contributed by atoms with E-state index in [4.69, 9.17) is 0 Å². The monoisotopic (exact) mass is 442 g/mol. The average molecular weight is 443 g/mol. The summed E-state index contributed by atoms with van der Waals surface area (Å²) >= 11 is 0.